The number of rotatable bonds is 7. The van der Waals surface area contributed by atoms with Crippen molar-refractivity contribution in [2.24, 2.45) is 0 Å². The standard InChI is InChI=1S/C19H28N2O3/c1-4-21(5-2)17-12-10-15(11-13-17)19(23)24-14(3)18(22)20-16-8-6-7-9-16/h10-14,16H,4-9H2,1-3H3,(H,20,22). The minimum atomic E-state index is -0.777. The first-order valence-corrected chi connectivity index (χ1v) is 8.91. The van der Waals surface area contributed by atoms with Gasteiger partial charge in [0.25, 0.3) is 5.91 Å². The molecule has 1 aromatic rings. The van der Waals surface area contributed by atoms with Gasteiger partial charge in [0.2, 0.25) is 0 Å². The number of amides is 1. The fraction of sp³-hybridized carbons (Fsp3) is 0.579. The van der Waals surface area contributed by atoms with Gasteiger partial charge >= 0.3 is 5.97 Å². The van der Waals surface area contributed by atoms with Crippen LogP contribution in [0.3, 0.4) is 0 Å². The molecule has 0 heterocycles. The van der Waals surface area contributed by atoms with Crippen LogP contribution in [0.2, 0.25) is 0 Å². The lowest BCUT2D eigenvalue weighted by atomic mass is 10.2. The number of carbonyl (C=O) groups excluding carboxylic acids is 2. The molecule has 0 aromatic heterocycles. The highest BCUT2D eigenvalue weighted by Crippen LogP contribution is 2.18. The van der Waals surface area contributed by atoms with E-state index in [2.05, 4.69) is 24.1 Å². The van der Waals surface area contributed by atoms with Gasteiger partial charge in [-0.25, -0.2) is 4.79 Å². The first-order chi connectivity index (χ1) is 11.5. The van der Waals surface area contributed by atoms with E-state index in [4.69, 9.17) is 4.74 Å². The van der Waals surface area contributed by atoms with Crippen molar-refractivity contribution < 1.29 is 14.3 Å². The maximum atomic E-state index is 12.2. The lowest BCUT2D eigenvalue weighted by Gasteiger charge is -2.21. The molecule has 1 saturated carbocycles. The van der Waals surface area contributed by atoms with Gasteiger partial charge in [-0.15, -0.1) is 0 Å². The van der Waals surface area contributed by atoms with Gasteiger partial charge in [-0.1, -0.05) is 12.8 Å². The summed E-state index contributed by atoms with van der Waals surface area (Å²) < 4.78 is 5.30. The van der Waals surface area contributed by atoms with Gasteiger partial charge in [-0.05, 0) is 57.9 Å². The second kappa shape index (κ2) is 8.71. The zero-order valence-electron chi connectivity index (χ0n) is 14.9. The summed E-state index contributed by atoms with van der Waals surface area (Å²) >= 11 is 0. The summed E-state index contributed by atoms with van der Waals surface area (Å²) in [4.78, 5) is 26.5. The molecule has 1 aromatic carbocycles. The molecule has 1 unspecified atom stereocenters. The normalized spacial score (nSPS) is 15.8. The van der Waals surface area contributed by atoms with Crippen LogP contribution >= 0.6 is 0 Å². The SMILES string of the molecule is CCN(CC)c1ccc(C(=O)OC(C)C(=O)NC2CCCC2)cc1. The third kappa shape index (κ3) is 4.73. The molecule has 5 nitrogen and oxygen atoms in total. The molecule has 0 bridgehead atoms. The number of benzene rings is 1. The molecule has 0 aliphatic heterocycles. The van der Waals surface area contributed by atoms with E-state index in [1.165, 1.54) is 0 Å². The average Bonchev–Trinajstić information content (AvgIpc) is 3.09. The summed E-state index contributed by atoms with van der Waals surface area (Å²) in [6.07, 6.45) is 3.55. The molecular formula is C19H28N2O3. The molecule has 1 aliphatic carbocycles. The van der Waals surface area contributed by atoms with Gasteiger partial charge in [0, 0.05) is 24.8 Å². The van der Waals surface area contributed by atoms with E-state index >= 15 is 0 Å². The van der Waals surface area contributed by atoms with Gasteiger partial charge < -0.3 is 15.0 Å². The fourth-order valence-electron chi connectivity index (χ4n) is 3.07. The molecule has 2 rings (SSSR count). The number of ether oxygens (including phenoxy) is 1. The summed E-state index contributed by atoms with van der Waals surface area (Å²) in [5, 5.41) is 2.95. The third-order valence-corrected chi connectivity index (χ3v) is 4.59. The number of carbonyl (C=O) groups is 2. The Morgan fingerprint density at radius 1 is 1.17 bits per heavy atom. The summed E-state index contributed by atoms with van der Waals surface area (Å²) in [5.74, 6) is -0.676. The second-order valence-electron chi connectivity index (χ2n) is 6.26. The molecule has 1 atom stereocenters. The summed E-state index contributed by atoms with van der Waals surface area (Å²) in [5.41, 5.74) is 1.54. The number of nitrogens with zero attached hydrogens (tertiary/aromatic N) is 1. The molecule has 0 radical (unpaired) electrons. The van der Waals surface area contributed by atoms with E-state index in [-0.39, 0.29) is 11.9 Å². The highest BCUT2D eigenvalue weighted by Gasteiger charge is 2.23. The summed E-state index contributed by atoms with van der Waals surface area (Å²) in [7, 11) is 0. The molecule has 1 aliphatic rings. The van der Waals surface area contributed by atoms with E-state index in [9.17, 15) is 9.59 Å². The molecule has 0 saturated heterocycles. The number of esters is 1. The first kappa shape index (κ1) is 18.3. The molecule has 0 spiro atoms. The molecule has 5 heteroatoms. The largest absolute Gasteiger partial charge is 0.449 e. The van der Waals surface area contributed by atoms with Crippen molar-refractivity contribution in [3.63, 3.8) is 0 Å². The average molecular weight is 332 g/mol. The van der Waals surface area contributed by atoms with E-state index in [0.717, 1.165) is 44.5 Å². The summed E-state index contributed by atoms with van der Waals surface area (Å²) in [6.45, 7) is 7.64. The highest BCUT2D eigenvalue weighted by atomic mass is 16.5. The topological polar surface area (TPSA) is 58.6 Å². The molecule has 1 fully saturated rings. The van der Waals surface area contributed by atoms with Crippen LogP contribution in [0.25, 0.3) is 0 Å². The van der Waals surface area contributed by atoms with Crippen LogP contribution in [0.1, 0.15) is 56.8 Å². The predicted octanol–water partition coefficient (Wildman–Crippen LogP) is 3.14. The number of hydrogen-bond acceptors (Lipinski definition) is 4. The van der Waals surface area contributed by atoms with Crippen LogP contribution in [0.15, 0.2) is 24.3 Å². The van der Waals surface area contributed by atoms with E-state index in [1.807, 2.05) is 12.1 Å². The Kier molecular flexibility index (Phi) is 6.64. The van der Waals surface area contributed by atoms with Gasteiger partial charge in [0.05, 0.1) is 5.56 Å². The van der Waals surface area contributed by atoms with Crippen LogP contribution in [-0.2, 0) is 9.53 Å². The number of nitrogens with one attached hydrogen (secondary N) is 1. The quantitative estimate of drug-likeness (QED) is 0.779. The van der Waals surface area contributed by atoms with Gasteiger partial charge in [0.15, 0.2) is 6.10 Å². The maximum Gasteiger partial charge on any atom is 0.338 e. The van der Waals surface area contributed by atoms with E-state index in [1.54, 1.807) is 19.1 Å². The molecule has 132 valence electrons. The Morgan fingerprint density at radius 3 is 2.29 bits per heavy atom. The first-order valence-electron chi connectivity index (χ1n) is 8.91. The lowest BCUT2D eigenvalue weighted by Crippen LogP contribution is -2.40. The maximum absolute atomic E-state index is 12.2. The smallest absolute Gasteiger partial charge is 0.338 e. The number of anilines is 1. The van der Waals surface area contributed by atoms with Crippen LogP contribution in [0, 0.1) is 0 Å². The minimum absolute atomic E-state index is 0.213. The van der Waals surface area contributed by atoms with Crippen LogP contribution in [0.5, 0.6) is 0 Å². The zero-order valence-corrected chi connectivity index (χ0v) is 14.9. The van der Waals surface area contributed by atoms with Crippen molar-refractivity contribution >= 4 is 17.6 Å². The lowest BCUT2D eigenvalue weighted by molar-refractivity contribution is -0.129. The molecule has 1 amide bonds. The minimum Gasteiger partial charge on any atom is -0.449 e. The van der Waals surface area contributed by atoms with E-state index in [0.29, 0.717) is 5.56 Å². The molecule has 1 N–H and O–H groups in total. The third-order valence-electron chi connectivity index (χ3n) is 4.59. The Hall–Kier alpha value is -2.04. The Bertz CT molecular complexity index is 546. The monoisotopic (exact) mass is 332 g/mol. The van der Waals surface area contributed by atoms with Crippen molar-refractivity contribution in [2.45, 2.75) is 58.6 Å². The van der Waals surface area contributed by atoms with Crippen molar-refractivity contribution in [3.05, 3.63) is 29.8 Å². The predicted molar refractivity (Wildman–Crippen MR) is 95.3 cm³/mol. The molecule has 24 heavy (non-hydrogen) atoms. The number of hydrogen-bond donors (Lipinski definition) is 1. The van der Waals surface area contributed by atoms with Crippen LogP contribution < -0.4 is 10.2 Å². The van der Waals surface area contributed by atoms with Crippen molar-refractivity contribution in [3.8, 4) is 0 Å². The van der Waals surface area contributed by atoms with Crippen molar-refractivity contribution in [1.82, 2.24) is 5.32 Å². The van der Waals surface area contributed by atoms with Gasteiger partial charge in [-0.2, -0.15) is 0 Å². The van der Waals surface area contributed by atoms with Gasteiger partial charge in [-0.3, -0.25) is 4.79 Å². The molecular weight excluding hydrogens is 304 g/mol. The Balaban J connectivity index is 1.89. The zero-order chi connectivity index (χ0) is 17.5. The van der Waals surface area contributed by atoms with Crippen LogP contribution in [-0.4, -0.2) is 37.1 Å². The fourth-order valence-corrected chi connectivity index (χ4v) is 3.07. The van der Waals surface area contributed by atoms with Gasteiger partial charge in [0.1, 0.15) is 0 Å². The Labute approximate surface area is 144 Å². The van der Waals surface area contributed by atoms with Crippen LogP contribution in [0.4, 0.5) is 5.69 Å². The van der Waals surface area contributed by atoms with E-state index < -0.39 is 12.1 Å². The summed E-state index contributed by atoms with van der Waals surface area (Å²) in [6, 6.07) is 7.54. The van der Waals surface area contributed by atoms with Crippen molar-refractivity contribution in [2.75, 3.05) is 18.0 Å². The van der Waals surface area contributed by atoms with Crippen molar-refractivity contribution in [1.29, 1.82) is 0 Å². The Morgan fingerprint density at radius 2 is 1.75 bits per heavy atom. The second-order valence-corrected chi connectivity index (χ2v) is 6.26. The highest BCUT2D eigenvalue weighted by molar-refractivity contribution is 5.92.